The van der Waals surface area contributed by atoms with E-state index in [1.54, 1.807) is 23.5 Å². The minimum absolute atomic E-state index is 0.546. The van der Waals surface area contributed by atoms with Crippen molar-refractivity contribution in [3.05, 3.63) is 0 Å². The van der Waals surface area contributed by atoms with Crippen molar-refractivity contribution >= 4 is 47.0 Å². The molecule has 0 saturated carbocycles. The van der Waals surface area contributed by atoms with Crippen molar-refractivity contribution in [3.8, 4) is 0 Å². The van der Waals surface area contributed by atoms with Gasteiger partial charge in [0, 0.05) is 45.5 Å². The van der Waals surface area contributed by atoms with Crippen LogP contribution >= 0.6 is 47.0 Å². The van der Waals surface area contributed by atoms with E-state index in [4.69, 9.17) is 22.9 Å². The first-order valence-electron chi connectivity index (χ1n) is 5.89. The van der Waals surface area contributed by atoms with Gasteiger partial charge in [-0.25, -0.2) is 0 Å². The Morgan fingerprint density at radius 3 is 1.28 bits per heavy atom. The molecule has 0 fully saturated rings. The van der Waals surface area contributed by atoms with E-state index in [-0.39, 0.29) is 0 Å². The second kappa shape index (κ2) is 18.2. The van der Waals surface area contributed by atoms with E-state index in [2.05, 4.69) is 13.8 Å². The molecule has 8 heteroatoms. The van der Waals surface area contributed by atoms with Gasteiger partial charge in [0.2, 0.25) is 0 Å². The molecule has 0 aliphatic carbocycles. The third-order valence-corrected chi connectivity index (χ3v) is 6.44. The molecule has 0 rings (SSSR count). The molecule has 0 aromatic heterocycles. The number of hydrogen-bond donors (Lipinski definition) is 4. The summed E-state index contributed by atoms with van der Waals surface area (Å²) in [6.07, 6.45) is 0. The average Bonchev–Trinajstić information content (AvgIpc) is 2.35. The normalized spacial score (nSPS) is 10.7. The fourth-order valence-corrected chi connectivity index (χ4v) is 4.13. The van der Waals surface area contributed by atoms with E-state index in [0.29, 0.717) is 20.9 Å². The van der Waals surface area contributed by atoms with Crippen LogP contribution in [0.5, 0.6) is 0 Å². The van der Waals surface area contributed by atoms with Crippen molar-refractivity contribution in [3.63, 3.8) is 0 Å². The molecule has 0 aromatic carbocycles. The molecular formula is C10H28N4S4. The van der Waals surface area contributed by atoms with Crippen LogP contribution in [0.15, 0.2) is 0 Å². The Balaban J connectivity index is 0. The first kappa shape index (κ1) is 21.5. The Labute approximate surface area is 129 Å². The van der Waals surface area contributed by atoms with Gasteiger partial charge in [0.25, 0.3) is 0 Å². The number of rotatable bonds is 10. The predicted molar refractivity (Wildman–Crippen MR) is 95.2 cm³/mol. The summed E-state index contributed by atoms with van der Waals surface area (Å²) in [5.74, 6) is 3.49. The largest absolute Gasteiger partial charge is 0.330 e. The van der Waals surface area contributed by atoms with E-state index in [1.165, 1.54) is 0 Å². The van der Waals surface area contributed by atoms with Gasteiger partial charge < -0.3 is 22.9 Å². The molecule has 4 nitrogen and oxygen atoms in total. The molecule has 0 aromatic rings. The molecule has 0 aliphatic rings. The Hall–Kier alpha value is 1.24. The summed E-state index contributed by atoms with van der Waals surface area (Å²) < 4.78 is 1.19. The summed E-state index contributed by atoms with van der Waals surface area (Å²) in [6, 6.07) is 0. The van der Waals surface area contributed by atoms with Gasteiger partial charge in [0.15, 0.2) is 0 Å². The summed E-state index contributed by atoms with van der Waals surface area (Å²) in [7, 11) is 0. The third-order valence-electron chi connectivity index (χ3n) is 1.60. The number of nitrogens with two attached hydrogens (primary N) is 4. The number of thioether (sulfide) groups is 4. The molecular weight excluding hydrogens is 304 g/mol. The molecule has 0 heterocycles. The second-order valence-corrected chi connectivity index (χ2v) is 9.36. The van der Waals surface area contributed by atoms with Gasteiger partial charge in [-0.1, -0.05) is 0 Å². The first-order valence-corrected chi connectivity index (χ1v) is 10.1. The summed E-state index contributed by atoms with van der Waals surface area (Å²) in [5, 5.41) is 0. The predicted octanol–water partition coefficient (Wildman–Crippen LogP) is 1.35. The Morgan fingerprint density at radius 1 is 0.667 bits per heavy atom. The Bertz CT molecular complexity index is 140. The fourth-order valence-electron chi connectivity index (χ4n) is 0.835. The fraction of sp³-hybridized carbons (Fsp3) is 1.00. The lowest BCUT2D eigenvalue weighted by Gasteiger charge is -2.08. The highest BCUT2D eigenvalue weighted by molar-refractivity contribution is 8.17. The minimum Gasteiger partial charge on any atom is -0.330 e. The van der Waals surface area contributed by atoms with Crippen LogP contribution in [0, 0.1) is 0 Å². The van der Waals surface area contributed by atoms with Crippen LogP contribution in [-0.4, -0.2) is 45.5 Å². The molecule has 112 valence electrons. The Kier molecular flexibility index (Phi) is 21.8. The highest BCUT2D eigenvalue weighted by Crippen LogP contribution is 2.21. The van der Waals surface area contributed by atoms with E-state index < -0.39 is 0 Å². The van der Waals surface area contributed by atoms with Gasteiger partial charge in [0.05, 0.1) is 0 Å². The summed E-state index contributed by atoms with van der Waals surface area (Å²) in [6.45, 7) is 5.85. The van der Waals surface area contributed by atoms with Crippen molar-refractivity contribution < 1.29 is 0 Å². The maximum absolute atomic E-state index is 5.35. The quantitative estimate of drug-likeness (QED) is 0.444. The highest BCUT2D eigenvalue weighted by atomic mass is 32.2. The molecule has 18 heavy (non-hydrogen) atoms. The average molecular weight is 333 g/mol. The SMILES string of the molecule is CC(SCCN)SCCN.CC(SCN)SCN. The van der Waals surface area contributed by atoms with Crippen molar-refractivity contribution in [2.24, 2.45) is 22.9 Å². The first-order chi connectivity index (χ1) is 8.62. The zero-order valence-corrected chi connectivity index (χ0v) is 14.6. The van der Waals surface area contributed by atoms with Gasteiger partial charge in [-0.3, -0.25) is 0 Å². The molecule has 8 N–H and O–H groups in total. The minimum atomic E-state index is 0.546. The monoisotopic (exact) mass is 332 g/mol. The van der Waals surface area contributed by atoms with Gasteiger partial charge in [-0.2, -0.15) is 0 Å². The molecule has 0 bridgehead atoms. The molecule has 0 unspecified atom stereocenters. The van der Waals surface area contributed by atoms with Gasteiger partial charge in [-0.05, 0) is 13.8 Å². The lowest BCUT2D eigenvalue weighted by atomic mass is 10.8. The molecule has 0 saturated heterocycles. The van der Waals surface area contributed by atoms with Gasteiger partial charge in [-0.15, -0.1) is 47.0 Å². The van der Waals surface area contributed by atoms with Crippen molar-refractivity contribution in [2.75, 3.05) is 36.3 Å². The summed E-state index contributed by atoms with van der Waals surface area (Å²) in [5.41, 5.74) is 21.2. The van der Waals surface area contributed by atoms with Crippen molar-refractivity contribution in [1.29, 1.82) is 0 Å². The smallest absolute Gasteiger partial charge is 0.0499 e. The van der Waals surface area contributed by atoms with E-state index >= 15 is 0 Å². The van der Waals surface area contributed by atoms with Crippen LogP contribution in [0.4, 0.5) is 0 Å². The molecule has 0 aliphatic heterocycles. The standard InChI is InChI=1S/C6H16N2S2.C4H12N2S2/c1-6(9-4-2-7)10-5-3-8;1-4(7-2-5)8-3-6/h6H,2-5,7-8H2,1H3;4H,2-3,5-6H2,1H3. The Morgan fingerprint density at radius 2 is 1.00 bits per heavy atom. The molecule has 0 spiro atoms. The highest BCUT2D eigenvalue weighted by Gasteiger charge is 1.99. The maximum atomic E-state index is 5.35. The lowest BCUT2D eigenvalue weighted by Crippen LogP contribution is -2.07. The van der Waals surface area contributed by atoms with Crippen molar-refractivity contribution in [1.82, 2.24) is 0 Å². The van der Waals surface area contributed by atoms with E-state index in [1.807, 2.05) is 23.5 Å². The van der Waals surface area contributed by atoms with Crippen LogP contribution in [0.1, 0.15) is 13.8 Å². The van der Waals surface area contributed by atoms with Crippen LogP contribution in [-0.2, 0) is 0 Å². The molecule has 0 amide bonds. The van der Waals surface area contributed by atoms with Crippen LogP contribution < -0.4 is 22.9 Å². The van der Waals surface area contributed by atoms with E-state index in [0.717, 1.165) is 24.6 Å². The topological polar surface area (TPSA) is 104 Å². The zero-order valence-electron chi connectivity index (χ0n) is 11.3. The number of hydrogen-bond acceptors (Lipinski definition) is 8. The van der Waals surface area contributed by atoms with Gasteiger partial charge in [0.1, 0.15) is 0 Å². The van der Waals surface area contributed by atoms with Gasteiger partial charge >= 0.3 is 0 Å². The molecule has 0 atom stereocenters. The summed E-state index contributed by atoms with van der Waals surface area (Å²) in [4.78, 5) is 0. The van der Waals surface area contributed by atoms with E-state index in [9.17, 15) is 0 Å². The van der Waals surface area contributed by atoms with Crippen LogP contribution in [0.3, 0.4) is 0 Å². The molecule has 0 radical (unpaired) electrons. The third kappa shape index (κ3) is 19.6. The maximum Gasteiger partial charge on any atom is 0.0499 e. The second-order valence-electron chi connectivity index (χ2n) is 3.12. The summed E-state index contributed by atoms with van der Waals surface area (Å²) >= 11 is 7.23. The zero-order chi connectivity index (χ0) is 14.2. The van der Waals surface area contributed by atoms with Crippen molar-refractivity contribution in [2.45, 2.75) is 23.0 Å². The van der Waals surface area contributed by atoms with Crippen LogP contribution in [0.25, 0.3) is 0 Å². The van der Waals surface area contributed by atoms with Crippen LogP contribution in [0.2, 0.25) is 0 Å². The lowest BCUT2D eigenvalue weighted by molar-refractivity contribution is 1.14.